The first kappa shape index (κ1) is 19.9. The molecule has 0 aliphatic carbocycles. The van der Waals surface area contributed by atoms with Crippen molar-refractivity contribution in [3.63, 3.8) is 0 Å². The lowest BCUT2D eigenvalue weighted by molar-refractivity contribution is -0.149. The zero-order valence-electron chi connectivity index (χ0n) is 16.7. The third-order valence-electron chi connectivity index (χ3n) is 5.22. The maximum atomic E-state index is 13.0. The number of nitrogens with zero attached hydrogens (tertiary/aromatic N) is 1. The first-order chi connectivity index (χ1) is 14.7. The van der Waals surface area contributed by atoms with E-state index in [1.807, 2.05) is 71.7 Å². The van der Waals surface area contributed by atoms with Crippen LogP contribution in [0.25, 0.3) is 0 Å². The molecule has 30 heavy (non-hydrogen) atoms. The molecule has 3 aromatic rings. The van der Waals surface area contributed by atoms with E-state index in [2.05, 4.69) is 5.43 Å². The van der Waals surface area contributed by atoms with Crippen molar-refractivity contribution in [2.45, 2.75) is 25.5 Å². The van der Waals surface area contributed by atoms with Crippen LogP contribution in [0.5, 0.6) is 0 Å². The van der Waals surface area contributed by atoms with Crippen molar-refractivity contribution in [1.29, 1.82) is 0 Å². The molecule has 0 spiro atoms. The summed E-state index contributed by atoms with van der Waals surface area (Å²) in [6, 6.07) is 25.8. The number of ketones is 1. The fraction of sp³-hybridized carbons (Fsp3) is 0.200. The Morgan fingerprint density at radius 1 is 0.900 bits per heavy atom. The summed E-state index contributed by atoms with van der Waals surface area (Å²) in [6.45, 7) is 0.964. The molecule has 1 atom stereocenters. The van der Waals surface area contributed by atoms with Gasteiger partial charge in [-0.15, -0.1) is 0 Å². The van der Waals surface area contributed by atoms with E-state index < -0.39 is 0 Å². The SMILES string of the molecule is O=C(c1ccccc1)c1ccccc1NN1CCC[C@H]1C(=O)OCc1ccccc1. The maximum absolute atomic E-state index is 13.0. The predicted molar refractivity (Wildman–Crippen MR) is 116 cm³/mol. The second-order valence-corrected chi connectivity index (χ2v) is 7.30. The van der Waals surface area contributed by atoms with Gasteiger partial charge in [0.25, 0.3) is 0 Å². The number of esters is 1. The van der Waals surface area contributed by atoms with E-state index in [9.17, 15) is 9.59 Å². The lowest BCUT2D eigenvalue weighted by Gasteiger charge is -2.25. The average Bonchev–Trinajstić information content (AvgIpc) is 3.27. The number of anilines is 1. The summed E-state index contributed by atoms with van der Waals surface area (Å²) in [6.07, 6.45) is 1.60. The van der Waals surface area contributed by atoms with Crippen LogP contribution in [0.15, 0.2) is 84.9 Å². The largest absolute Gasteiger partial charge is 0.460 e. The Morgan fingerprint density at radius 3 is 2.33 bits per heavy atom. The maximum Gasteiger partial charge on any atom is 0.325 e. The highest BCUT2D eigenvalue weighted by Crippen LogP contribution is 2.24. The lowest BCUT2D eigenvalue weighted by atomic mass is 10.0. The average molecular weight is 400 g/mol. The number of carbonyl (C=O) groups is 2. The Balaban J connectivity index is 1.46. The van der Waals surface area contributed by atoms with Gasteiger partial charge in [-0.2, -0.15) is 0 Å². The van der Waals surface area contributed by atoms with Crippen molar-refractivity contribution in [3.8, 4) is 0 Å². The standard InChI is InChI=1S/C25H24N2O3/c28-24(20-12-5-2-6-13-20)21-14-7-8-15-22(21)26-27-17-9-16-23(27)25(29)30-18-19-10-3-1-4-11-19/h1-8,10-15,23,26H,9,16-18H2/t23-/m0/s1. The minimum Gasteiger partial charge on any atom is -0.460 e. The Bertz CT molecular complexity index is 1010. The molecule has 3 aromatic carbocycles. The van der Waals surface area contributed by atoms with Crippen molar-refractivity contribution in [3.05, 3.63) is 102 Å². The Morgan fingerprint density at radius 2 is 1.57 bits per heavy atom. The number of para-hydroxylation sites is 1. The third kappa shape index (κ3) is 4.58. The van der Waals surface area contributed by atoms with Crippen LogP contribution < -0.4 is 5.43 Å². The first-order valence-corrected chi connectivity index (χ1v) is 10.1. The number of hydrogen-bond donors (Lipinski definition) is 1. The quantitative estimate of drug-likeness (QED) is 0.469. The van der Waals surface area contributed by atoms with Crippen LogP contribution in [-0.4, -0.2) is 29.3 Å². The summed E-state index contributed by atoms with van der Waals surface area (Å²) in [5.74, 6) is -0.308. The molecular weight excluding hydrogens is 376 g/mol. The predicted octanol–water partition coefficient (Wildman–Crippen LogP) is 4.45. The van der Waals surface area contributed by atoms with Gasteiger partial charge in [0.2, 0.25) is 0 Å². The van der Waals surface area contributed by atoms with Gasteiger partial charge in [0.05, 0.1) is 5.69 Å². The number of benzene rings is 3. The van der Waals surface area contributed by atoms with E-state index in [4.69, 9.17) is 4.74 Å². The summed E-state index contributed by atoms with van der Waals surface area (Å²) in [5, 5.41) is 1.88. The van der Waals surface area contributed by atoms with Crippen LogP contribution in [-0.2, 0) is 16.1 Å². The fourth-order valence-electron chi connectivity index (χ4n) is 3.65. The Hall–Kier alpha value is -3.44. The van der Waals surface area contributed by atoms with Crippen LogP contribution in [0.1, 0.15) is 34.3 Å². The minimum absolute atomic E-state index is 0.0545. The third-order valence-corrected chi connectivity index (χ3v) is 5.22. The van der Waals surface area contributed by atoms with Crippen molar-refractivity contribution in [2.75, 3.05) is 12.0 Å². The summed E-state index contributed by atoms with van der Waals surface area (Å²) in [4.78, 5) is 25.7. The molecule has 1 N–H and O–H groups in total. The van der Waals surface area contributed by atoms with Crippen molar-refractivity contribution >= 4 is 17.4 Å². The van der Waals surface area contributed by atoms with Gasteiger partial charge < -0.3 is 10.2 Å². The van der Waals surface area contributed by atoms with Crippen LogP contribution in [0.2, 0.25) is 0 Å². The zero-order valence-corrected chi connectivity index (χ0v) is 16.7. The van der Waals surface area contributed by atoms with Gasteiger partial charge in [-0.1, -0.05) is 72.8 Å². The molecule has 1 saturated heterocycles. The van der Waals surface area contributed by atoms with Gasteiger partial charge in [0.1, 0.15) is 12.6 Å². The van der Waals surface area contributed by atoms with Gasteiger partial charge in [-0.25, -0.2) is 5.01 Å². The Labute approximate surface area is 176 Å². The van der Waals surface area contributed by atoms with Gasteiger partial charge >= 0.3 is 5.97 Å². The second-order valence-electron chi connectivity index (χ2n) is 7.30. The number of hydrazine groups is 1. The number of hydrogen-bond acceptors (Lipinski definition) is 5. The van der Waals surface area contributed by atoms with E-state index in [0.717, 1.165) is 18.4 Å². The molecule has 1 fully saturated rings. The number of ether oxygens (including phenoxy) is 1. The molecule has 5 nitrogen and oxygen atoms in total. The molecule has 4 rings (SSSR count). The number of nitrogens with one attached hydrogen (secondary N) is 1. The lowest BCUT2D eigenvalue weighted by Crippen LogP contribution is -2.41. The van der Waals surface area contributed by atoms with Crippen LogP contribution in [0.4, 0.5) is 5.69 Å². The normalized spacial score (nSPS) is 16.2. The van der Waals surface area contributed by atoms with Crippen LogP contribution in [0, 0.1) is 0 Å². The van der Waals surface area contributed by atoms with E-state index in [-0.39, 0.29) is 24.4 Å². The van der Waals surface area contributed by atoms with E-state index >= 15 is 0 Å². The molecule has 0 amide bonds. The summed E-state index contributed by atoms with van der Waals surface area (Å²) in [5.41, 5.74) is 6.16. The molecule has 0 bridgehead atoms. The smallest absolute Gasteiger partial charge is 0.325 e. The highest BCUT2D eigenvalue weighted by Gasteiger charge is 2.33. The highest BCUT2D eigenvalue weighted by atomic mass is 16.5. The van der Waals surface area contributed by atoms with Crippen molar-refractivity contribution in [2.24, 2.45) is 0 Å². The highest BCUT2D eigenvalue weighted by molar-refractivity contribution is 6.12. The summed E-state index contributed by atoms with van der Waals surface area (Å²) >= 11 is 0. The number of rotatable bonds is 7. The van der Waals surface area contributed by atoms with E-state index in [0.29, 0.717) is 23.4 Å². The van der Waals surface area contributed by atoms with Gasteiger partial charge in [-0.3, -0.25) is 9.59 Å². The van der Waals surface area contributed by atoms with Gasteiger partial charge in [0, 0.05) is 17.7 Å². The molecule has 5 heteroatoms. The molecule has 0 aromatic heterocycles. The Kier molecular flexibility index (Phi) is 6.20. The molecule has 1 aliphatic rings. The molecule has 0 radical (unpaired) electrons. The van der Waals surface area contributed by atoms with Crippen molar-refractivity contribution in [1.82, 2.24) is 5.01 Å². The first-order valence-electron chi connectivity index (χ1n) is 10.1. The zero-order chi connectivity index (χ0) is 20.8. The summed E-state index contributed by atoms with van der Waals surface area (Å²) in [7, 11) is 0. The van der Waals surface area contributed by atoms with Gasteiger partial charge in [-0.05, 0) is 30.5 Å². The summed E-state index contributed by atoms with van der Waals surface area (Å²) < 4.78 is 5.54. The van der Waals surface area contributed by atoms with Crippen molar-refractivity contribution < 1.29 is 14.3 Å². The minimum atomic E-state index is -0.381. The molecular formula is C25H24N2O3. The second kappa shape index (κ2) is 9.37. The molecule has 0 unspecified atom stereocenters. The number of carbonyl (C=O) groups excluding carboxylic acids is 2. The molecule has 0 saturated carbocycles. The van der Waals surface area contributed by atoms with Crippen LogP contribution >= 0.6 is 0 Å². The van der Waals surface area contributed by atoms with Crippen LogP contribution in [0.3, 0.4) is 0 Å². The fourth-order valence-corrected chi connectivity index (χ4v) is 3.65. The van der Waals surface area contributed by atoms with E-state index in [1.165, 1.54) is 0 Å². The van der Waals surface area contributed by atoms with E-state index in [1.54, 1.807) is 18.2 Å². The molecule has 1 aliphatic heterocycles. The monoisotopic (exact) mass is 400 g/mol. The molecule has 1 heterocycles. The van der Waals surface area contributed by atoms with Gasteiger partial charge in [0.15, 0.2) is 5.78 Å². The molecule has 152 valence electrons. The topological polar surface area (TPSA) is 58.6 Å².